The highest BCUT2D eigenvalue weighted by Gasteiger charge is 2.42. The molecule has 5 aromatic rings. The largest absolute Gasteiger partial charge is 0.491 e. The van der Waals surface area contributed by atoms with Crippen LogP contribution in [0.25, 0.3) is 16.6 Å². The summed E-state index contributed by atoms with van der Waals surface area (Å²) in [5.74, 6) is -0.825. The monoisotopic (exact) mass is 774 g/mol. The van der Waals surface area contributed by atoms with Crippen molar-refractivity contribution in [3.8, 4) is 5.75 Å². The SMILES string of the molecule is CN(C1CCC(n2cc3cc(NC(=O)c4cnn5cccnc45)c(OCC4CC4)cc3n2)CC1)C1CN(c2ccc3c(c2F)CN(C2CCC(=O)NC2=O)C3=O)C1. The average Bonchev–Trinajstić information content (AvgIpc) is 3.61. The Hall–Kier alpha value is -5.90. The number of benzene rings is 2. The fraction of sp³-hybridized carbons (Fsp3) is 0.439. The van der Waals surface area contributed by atoms with Crippen LogP contribution in [0.5, 0.6) is 5.75 Å². The summed E-state index contributed by atoms with van der Waals surface area (Å²) >= 11 is 0. The fourth-order valence-electron chi connectivity index (χ4n) is 8.92. The van der Waals surface area contributed by atoms with E-state index in [4.69, 9.17) is 9.84 Å². The van der Waals surface area contributed by atoms with Crippen LogP contribution < -0.4 is 20.3 Å². The highest BCUT2D eigenvalue weighted by molar-refractivity contribution is 6.09. The molecule has 2 saturated carbocycles. The van der Waals surface area contributed by atoms with Crippen LogP contribution in [-0.4, -0.2) is 103 Å². The Morgan fingerprint density at radius 1 is 1.05 bits per heavy atom. The molecular weight excluding hydrogens is 732 g/mol. The Labute approximate surface area is 327 Å². The molecule has 1 unspecified atom stereocenters. The van der Waals surface area contributed by atoms with Gasteiger partial charge in [0.1, 0.15) is 17.4 Å². The van der Waals surface area contributed by atoms with Crippen LogP contribution in [0, 0.1) is 11.7 Å². The second kappa shape index (κ2) is 13.9. The molecule has 0 radical (unpaired) electrons. The number of aromatic nitrogens is 5. The van der Waals surface area contributed by atoms with E-state index in [1.165, 1.54) is 11.1 Å². The maximum Gasteiger partial charge on any atom is 0.261 e. The van der Waals surface area contributed by atoms with Gasteiger partial charge in [-0.15, -0.1) is 0 Å². The summed E-state index contributed by atoms with van der Waals surface area (Å²) in [6.07, 6.45) is 13.6. The zero-order valence-electron chi connectivity index (χ0n) is 31.6. The van der Waals surface area contributed by atoms with Gasteiger partial charge in [-0.1, -0.05) is 0 Å². The highest BCUT2D eigenvalue weighted by Crippen LogP contribution is 2.39. The molecule has 2 aromatic carbocycles. The molecule has 0 spiro atoms. The number of amides is 4. The smallest absolute Gasteiger partial charge is 0.261 e. The van der Waals surface area contributed by atoms with Crippen molar-refractivity contribution in [2.75, 3.05) is 37.0 Å². The van der Waals surface area contributed by atoms with Crippen molar-refractivity contribution >= 4 is 51.6 Å². The normalized spacial score (nSPS) is 22.6. The number of ether oxygens (including phenoxy) is 1. The van der Waals surface area contributed by atoms with Crippen LogP contribution in [0.2, 0.25) is 0 Å². The predicted octanol–water partition coefficient (Wildman–Crippen LogP) is 4.32. The topological polar surface area (TPSA) is 159 Å². The molecule has 16 heteroatoms. The summed E-state index contributed by atoms with van der Waals surface area (Å²) in [5.41, 5.74) is 3.33. The molecule has 10 rings (SSSR count). The second-order valence-electron chi connectivity index (χ2n) is 16.2. The summed E-state index contributed by atoms with van der Waals surface area (Å²) in [4.78, 5) is 60.8. The van der Waals surface area contributed by atoms with Crippen molar-refractivity contribution < 1.29 is 28.3 Å². The molecule has 3 aromatic heterocycles. The maximum atomic E-state index is 15.9. The molecule has 1 atom stereocenters. The first-order valence-corrected chi connectivity index (χ1v) is 19.9. The number of rotatable bonds is 10. The number of hydrogen-bond acceptors (Lipinski definition) is 10. The number of nitrogens with one attached hydrogen (secondary N) is 2. The van der Waals surface area contributed by atoms with Gasteiger partial charge in [0.15, 0.2) is 11.5 Å². The number of anilines is 2. The molecule has 6 heterocycles. The number of carbonyl (C=O) groups excluding carboxylic acids is 4. The number of likely N-dealkylation sites (N-methyl/N-ethyl adjacent to an activating group) is 1. The number of piperidine rings is 1. The molecule has 2 N–H and O–H groups in total. The predicted molar refractivity (Wildman–Crippen MR) is 206 cm³/mol. The zero-order valence-corrected chi connectivity index (χ0v) is 31.6. The molecule has 2 saturated heterocycles. The van der Waals surface area contributed by atoms with E-state index in [0.29, 0.717) is 65.6 Å². The van der Waals surface area contributed by atoms with Crippen molar-refractivity contribution in [3.05, 3.63) is 77.6 Å². The molecular formula is C41H43FN10O5. The average molecular weight is 775 g/mol. The van der Waals surface area contributed by atoms with Crippen LogP contribution in [-0.2, 0) is 16.1 Å². The van der Waals surface area contributed by atoms with E-state index in [-0.39, 0.29) is 54.8 Å². The minimum absolute atomic E-state index is 0.0153. The van der Waals surface area contributed by atoms with E-state index in [2.05, 4.69) is 43.5 Å². The fourth-order valence-corrected chi connectivity index (χ4v) is 8.92. The third-order valence-electron chi connectivity index (χ3n) is 12.6. The van der Waals surface area contributed by atoms with Crippen molar-refractivity contribution in [3.63, 3.8) is 0 Å². The molecule has 15 nitrogen and oxygen atoms in total. The molecule has 0 bridgehead atoms. The Bertz CT molecular complexity index is 2450. The summed E-state index contributed by atoms with van der Waals surface area (Å²) in [5, 5.41) is 15.5. The van der Waals surface area contributed by atoms with Gasteiger partial charge < -0.3 is 19.9 Å². The Balaban J connectivity index is 0.773. The van der Waals surface area contributed by atoms with Gasteiger partial charge in [0.05, 0.1) is 42.3 Å². The Morgan fingerprint density at radius 2 is 1.88 bits per heavy atom. The number of carbonyl (C=O) groups is 4. The maximum absolute atomic E-state index is 15.9. The van der Waals surface area contributed by atoms with E-state index in [0.717, 1.165) is 49.4 Å². The number of halogens is 1. The third-order valence-corrected chi connectivity index (χ3v) is 12.6. The van der Waals surface area contributed by atoms with Crippen molar-refractivity contribution in [2.24, 2.45) is 5.92 Å². The van der Waals surface area contributed by atoms with Crippen LogP contribution in [0.1, 0.15) is 83.7 Å². The van der Waals surface area contributed by atoms with E-state index in [1.54, 1.807) is 35.1 Å². The van der Waals surface area contributed by atoms with Gasteiger partial charge in [0.2, 0.25) is 11.8 Å². The molecule has 2 aliphatic carbocycles. The van der Waals surface area contributed by atoms with Gasteiger partial charge in [-0.25, -0.2) is 13.9 Å². The lowest BCUT2D eigenvalue weighted by Crippen LogP contribution is -2.61. The minimum atomic E-state index is -0.778. The molecule has 3 aliphatic heterocycles. The quantitative estimate of drug-likeness (QED) is 0.196. The van der Waals surface area contributed by atoms with E-state index < -0.39 is 17.8 Å². The van der Waals surface area contributed by atoms with E-state index in [1.807, 2.05) is 17.0 Å². The Morgan fingerprint density at radius 3 is 2.67 bits per heavy atom. The van der Waals surface area contributed by atoms with Crippen LogP contribution in [0.15, 0.2) is 55.1 Å². The lowest BCUT2D eigenvalue weighted by Gasteiger charge is -2.49. The summed E-state index contributed by atoms with van der Waals surface area (Å²) in [6.45, 7) is 1.97. The van der Waals surface area contributed by atoms with Crippen LogP contribution in [0.4, 0.5) is 15.8 Å². The van der Waals surface area contributed by atoms with Gasteiger partial charge in [0, 0.05) is 72.8 Å². The van der Waals surface area contributed by atoms with Crippen molar-refractivity contribution in [2.45, 2.75) is 82.1 Å². The first kappa shape index (κ1) is 35.5. The minimum Gasteiger partial charge on any atom is -0.491 e. The van der Waals surface area contributed by atoms with Crippen molar-refractivity contribution in [1.29, 1.82) is 0 Å². The van der Waals surface area contributed by atoms with Gasteiger partial charge in [-0.05, 0) is 82.2 Å². The Kier molecular flexibility index (Phi) is 8.68. The molecule has 294 valence electrons. The summed E-state index contributed by atoms with van der Waals surface area (Å²) in [6, 6.07) is 9.09. The number of nitrogens with zero attached hydrogens (tertiary/aromatic N) is 8. The first-order valence-electron chi connectivity index (χ1n) is 19.9. The van der Waals surface area contributed by atoms with Crippen molar-refractivity contribution in [1.82, 2.24) is 39.5 Å². The molecule has 57 heavy (non-hydrogen) atoms. The van der Waals surface area contributed by atoms with Gasteiger partial charge in [-0.2, -0.15) is 10.2 Å². The molecule has 4 fully saturated rings. The number of imide groups is 1. The van der Waals surface area contributed by atoms with Crippen LogP contribution >= 0.6 is 0 Å². The van der Waals surface area contributed by atoms with Crippen LogP contribution in [0.3, 0.4) is 0 Å². The standard InChI is InChI=1S/C41H43FN10O5/c1-48(27-19-49(20-27)33-10-9-28-30(37(33)42)21-50(41(28)56)34-11-12-36(53)46-40(34)55)25-5-7-26(8-6-25)52-18-24-15-32(35(16-31(24)47-52)57-22-23-3-4-23)45-39(54)29-17-44-51-14-2-13-43-38(29)51/h2,9-10,13-18,23,25-27,34H,3-8,11-12,19-22H2,1H3,(H,45,54)(H,46,53,55). The van der Waals surface area contributed by atoms with Gasteiger partial charge in [-0.3, -0.25) is 34.1 Å². The van der Waals surface area contributed by atoms with E-state index in [9.17, 15) is 19.2 Å². The zero-order chi connectivity index (χ0) is 38.9. The first-order chi connectivity index (χ1) is 27.7. The number of hydrogen-bond donors (Lipinski definition) is 2. The van der Waals surface area contributed by atoms with Gasteiger partial charge >= 0.3 is 0 Å². The molecule has 5 aliphatic rings. The number of fused-ring (bicyclic) bond motifs is 3. The van der Waals surface area contributed by atoms with Gasteiger partial charge in [0.25, 0.3) is 11.8 Å². The lowest BCUT2D eigenvalue weighted by molar-refractivity contribution is -0.136. The second-order valence-corrected chi connectivity index (χ2v) is 16.2. The summed E-state index contributed by atoms with van der Waals surface area (Å²) in [7, 11) is 2.16. The third kappa shape index (κ3) is 6.45. The highest BCUT2D eigenvalue weighted by atomic mass is 19.1. The lowest BCUT2D eigenvalue weighted by atomic mass is 9.89. The molecule has 4 amide bonds. The van der Waals surface area contributed by atoms with E-state index >= 15 is 4.39 Å². The summed E-state index contributed by atoms with van der Waals surface area (Å²) < 4.78 is 25.8.